The number of carboxylic acids is 1. The number of nitrogens with one attached hydrogen (secondary N) is 1. The predicted molar refractivity (Wildman–Crippen MR) is 63.6 cm³/mol. The molecule has 0 aliphatic rings. The van der Waals surface area contributed by atoms with E-state index in [0.717, 1.165) is 0 Å². The standard InChI is InChI=1S/C11H22N2O4/c1-3-5-9(11(15)16)13-10(14)6-8(7-12)17-4-2/h8-9H,3-7,12H2,1-2H3,(H,13,14)(H,15,16)/t8?,9-/m1/s1. The average Bonchev–Trinajstić information content (AvgIpc) is 2.27. The van der Waals surface area contributed by atoms with Gasteiger partial charge >= 0.3 is 5.97 Å². The van der Waals surface area contributed by atoms with Crippen LogP contribution in [0.5, 0.6) is 0 Å². The Morgan fingerprint density at radius 2 is 2.06 bits per heavy atom. The third-order valence-electron chi connectivity index (χ3n) is 2.29. The zero-order valence-electron chi connectivity index (χ0n) is 10.4. The van der Waals surface area contributed by atoms with E-state index in [1.807, 2.05) is 13.8 Å². The number of ether oxygens (including phenoxy) is 1. The Morgan fingerprint density at radius 3 is 2.47 bits per heavy atom. The van der Waals surface area contributed by atoms with E-state index < -0.39 is 12.0 Å². The van der Waals surface area contributed by atoms with Crippen molar-refractivity contribution in [1.29, 1.82) is 0 Å². The SMILES string of the molecule is CCC[C@@H](NC(=O)CC(CN)OCC)C(=O)O. The third-order valence-corrected chi connectivity index (χ3v) is 2.29. The zero-order valence-corrected chi connectivity index (χ0v) is 10.4. The molecule has 1 amide bonds. The summed E-state index contributed by atoms with van der Waals surface area (Å²) in [5.74, 6) is -1.35. The lowest BCUT2D eigenvalue weighted by Crippen LogP contribution is -2.42. The van der Waals surface area contributed by atoms with Crippen LogP contribution in [0.15, 0.2) is 0 Å². The van der Waals surface area contributed by atoms with Gasteiger partial charge in [-0.05, 0) is 13.3 Å². The van der Waals surface area contributed by atoms with Gasteiger partial charge in [0.15, 0.2) is 0 Å². The topological polar surface area (TPSA) is 102 Å². The van der Waals surface area contributed by atoms with Crippen LogP contribution in [0, 0.1) is 0 Å². The first-order chi connectivity index (χ1) is 8.04. The van der Waals surface area contributed by atoms with E-state index in [2.05, 4.69) is 5.32 Å². The van der Waals surface area contributed by atoms with Crippen LogP contribution in [-0.2, 0) is 14.3 Å². The van der Waals surface area contributed by atoms with Crippen molar-refractivity contribution in [3.63, 3.8) is 0 Å². The van der Waals surface area contributed by atoms with Crippen molar-refractivity contribution in [2.45, 2.75) is 45.3 Å². The Morgan fingerprint density at radius 1 is 1.41 bits per heavy atom. The molecule has 0 fully saturated rings. The minimum Gasteiger partial charge on any atom is -0.480 e. The Bertz CT molecular complexity index is 246. The molecule has 0 saturated carbocycles. The molecule has 6 heteroatoms. The van der Waals surface area contributed by atoms with Crippen molar-refractivity contribution >= 4 is 11.9 Å². The van der Waals surface area contributed by atoms with Crippen molar-refractivity contribution in [3.05, 3.63) is 0 Å². The Balaban J connectivity index is 4.16. The third kappa shape index (κ3) is 6.91. The van der Waals surface area contributed by atoms with Gasteiger partial charge < -0.3 is 20.9 Å². The Hall–Kier alpha value is -1.14. The minimum absolute atomic E-state index is 0.0951. The van der Waals surface area contributed by atoms with Crippen LogP contribution in [0.25, 0.3) is 0 Å². The number of carbonyl (C=O) groups is 2. The number of rotatable bonds is 9. The van der Waals surface area contributed by atoms with Crippen molar-refractivity contribution in [2.75, 3.05) is 13.2 Å². The van der Waals surface area contributed by atoms with E-state index in [1.54, 1.807) is 0 Å². The maximum atomic E-state index is 11.6. The fourth-order valence-electron chi connectivity index (χ4n) is 1.45. The molecule has 0 aliphatic heterocycles. The first-order valence-corrected chi connectivity index (χ1v) is 5.88. The van der Waals surface area contributed by atoms with Crippen molar-refractivity contribution in [3.8, 4) is 0 Å². The minimum atomic E-state index is -1.01. The second kappa shape index (κ2) is 8.95. The van der Waals surface area contributed by atoms with Crippen LogP contribution in [-0.4, -0.2) is 42.3 Å². The normalized spacial score (nSPS) is 14.1. The molecule has 100 valence electrons. The summed E-state index contributed by atoms with van der Waals surface area (Å²) < 4.78 is 5.23. The number of amides is 1. The summed E-state index contributed by atoms with van der Waals surface area (Å²) >= 11 is 0. The lowest BCUT2D eigenvalue weighted by molar-refractivity contribution is -0.142. The molecular weight excluding hydrogens is 224 g/mol. The van der Waals surface area contributed by atoms with Gasteiger partial charge in [-0.3, -0.25) is 4.79 Å². The number of hydrogen-bond donors (Lipinski definition) is 3. The zero-order chi connectivity index (χ0) is 13.3. The van der Waals surface area contributed by atoms with Crippen molar-refractivity contribution < 1.29 is 19.4 Å². The molecule has 17 heavy (non-hydrogen) atoms. The Kier molecular flexibility index (Phi) is 8.35. The molecule has 0 aromatic rings. The van der Waals surface area contributed by atoms with E-state index in [1.165, 1.54) is 0 Å². The van der Waals surface area contributed by atoms with E-state index in [9.17, 15) is 9.59 Å². The number of carbonyl (C=O) groups excluding carboxylic acids is 1. The van der Waals surface area contributed by atoms with Crippen LogP contribution in [0.4, 0.5) is 0 Å². The summed E-state index contributed by atoms with van der Waals surface area (Å²) in [7, 11) is 0. The second-order valence-corrected chi connectivity index (χ2v) is 3.76. The van der Waals surface area contributed by atoms with Gasteiger partial charge in [-0.1, -0.05) is 13.3 Å². The van der Waals surface area contributed by atoms with Gasteiger partial charge in [-0.15, -0.1) is 0 Å². The highest BCUT2D eigenvalue weighted by atomic mass is 16.5. The molecule has 0 aliphatic carbocycles. The molecule has 0 spiro atoms. The molecule has 0 radical (unpaired) electrons. The Labute approximate surface area is 102 Å². The van der Waals surface area contributed by atoms with Crippen molar-refractivity contribution in [2.24, 2.45) is 5.73 Å². The quantitative estimate of drug-likeness (QED) is 0.536. The monoisotopic (exact) mass is 246 g/mol. The van der Waals surface area contributed by atoms with Gasteiger partial charge in [-0.2, -0.15) is 0 Å². The lowest BCUT2D eigenvalue weighted by Gasteiger charge is -2.17. The molecule has 6 nitrogen and oxygen atoms in total. The van der Waals surface area contributed by atoms with Gasteiger partial charge in [0.05, 0.1) is 12.5 Å². The summed E-state index contributed by atoms with van der Waals surface area (Å²) in [5.41, 5.74) is 5.44. The van der Waals surface area contributed by atoms with E-state index in [4.69, 9.17) is 15.6 Å². The highest BCUT2D eigenvalue weighted by molar-refractivity contribution is 5.83. The summed E-state index contributed by atoms with van der Waals surface area (Å²) in [5, 5.41) is 11.3. The van der Waals surface area contributed by atoms with E-state index >= 15 is 0 Å². The molecule has 2 atom stereocenters. The molecule has 1 unspecified atom stereocenters. The molecule has 0 heterocycles. The molecular formula is C11H22N2O4. The summed E-state index contributed by atoms with van der Waals surface area (Å²) in [6, 6.07) is -0.826. The lowest BCUT2D eigenvalue weighted by atomic mass is 10.1. The molecule has 0 rings (SSSR count). The molecule has 4 N–H and O–H groups in total. The largest absolute Gasteiger partial charge is 0.480 e. The maximum absolute atomic E-state index is 11.6. The molecule has 0 saturated heterocycles. The van der Waals surface area contributed by atoms with Gasteiger partial charge in [0, 0.05) is 13.2 Å². The average molecular weight is 246 g/mol. The van der Waals surface area contributed by atoms with Gasteiger partial charge in [0.1, 0.15) is 6.04 Å². The van der Waals surface area contributed by atoms with Gasteiger partial charge in [0.2, 0.25) is 5.91 Å². The molecule has 0 aromatic heterocycles. The number of nitrogens with two attached hydrogens (primary N) is 1. The van der Waals surface area contributed by atoms with E-state index in [-0.39, 0.29) is 25.0 Å². The maximum Gasteiger partial charge on any atom is 0.326 e. The van der Waals surface area contributed by atoms with Crippen LogP contribution in [0.3, 0.4) is 0 Å². The van der Waals surface area contributed by atoms with Crippen LogP contribution >= 0.6 is 0 Å². The van der Waals surface area contributed by atoms with Gasteiger partial charge in [0.25, 0.3) is 0 Å². The first-order valence-electron chi connectivity index (χ1n) is 5.88. The fraction of sp³-hybridized carbons (Fsp3) is 0.818. The van der Waals surface area contributed by atoms with Crippen molar-refractivity contribution in [1.82, 2.24) is 5.32 Å². The van der Waals surface area contributed by atoms with Crippen LogP contribution in [0.2, 0.25) is 0 Å². The molecule has 0 bridgehead atoms. The second-order valence-electron chi connectivity index (χ2n) is 3.76. The highest BCUT2D eigenvalue weighted by Crippen LogP contribution is 2.01. The predicted octanol–water partition coefficient (Wildman–Crippen LogP) is 0.110. The summed E-state index contributed by atoms with van der Waals surface area (Å²) in [6.45, 7) is 4.40. The first kappa shape index (κ1) is 15.9. The number of aliphatic carboxylic acids is 1. The summed E-state index contributed by atoms with van der Waals surface area (Å²) in [6.07, 6.45) is 0.861. The smallest absolute Gasteiger partial charge is 0.326 e. The van der Waals surface area contributed by atoms with Crippen LogP contribution in [0.1, 0.15) is 33.1 Å². The van der Waals surface area contributed by atoms with E-state index in [0.29, 0.717) is 19.4 Å². The van der Waals surface area contributed by atoms with Crippen LogP contribution < -0.4 is 11.1 Å². The van der Waals surface area contributed by atoms with Gasteiger partial charge in [-0.25, -0.2) is 4.79 Å². The highest BCUT2D eigenvalue weighted by Gasteiger charge is 2.20. The summed E-state index contributed by atoms with van der Waals surface area (Å²) in [4.78, 5) is 22.4. The number of hydrogen-bond acceptors (Lipinski definition) is 4. The number of carboxylic acid groups (broad SMARTS) is 1. The molecule has 0 aromatic carbocycles. The fourth-order valence-corrected chi connectivity index (χ4v) is 1.45.